The van der Waals surface area contributed by atoms with Crippen LogP contribution in [0.4, 0.5) is 0 Å². The van der Waals surface area contributed by atoms with Crippen LogP contribution in [0.3, 0.4) is 0 Å². The molecule has 1 atom stereocenters. The molecular formula is C16H23NO4. The van der Waals surface area contributed by atoms with Crippen LogP contribution in [0.1, 0.15) is 39.2 Å². The van der Waals surface area contributed by atoms with E-state index in [2.05, 4.69) is 5.32 Å². The van der Waals surface area contributed by atoms with Crippen molar-refractivity contribution in [2.45, 2.75) is 52.2 Å². The van der Waals surface area contributed by atoms with E-state index < -0.39 is 23.5 Å². The molecule has 0 radical (unpaired) electrons. The molecule has 1 aromatic carbocycles. The average Bonchev–Trinajstić information content (AvgIpc) is 2.44. The van der Waals surface area contributed by atoms with Crippen LogP contribution in [0.5, 0.6) is 5.75 Å². The zero-order valence-corrected chi connectivity index (χ0v) is 13.0. The minimum Gasteiger partial charge on any atom is -0.481 e. The summed E-state index contributed by atoms with van der Waals surface area (Å²) < 4.78 is 5.57. The molecule has 116 valence electrons. The lowest BCUT2D eigenvalue weighted by Gasteiger charge is -2.29. The van der Waals surface area contributed by atoms with Crippen molar-refractivity contribution in [1.82, 2.24) is 5.32 Å². The third-order valence-corrected chi connectivity index (χ3v) is 3.65. The number of carboxylic acid groups (broad SMARTS) is 1. The summed E-state index contributed by atoms with van der Waals surface area (Å²) in [6.45, 7) is 7.02. The number of rotatable bonds is 7. The van der Waals surface area contributed by atoms with Crippen molar-refractivity contribution in [2.75, 3.05) is 0 Å². The van der Waals surface area contributed by atoms with Crippen molar-refractivity contribution >= 4 is 11.9 Å². The van der Waals surface area contributed by atoms with Crippen molar-refractivity contribution in [2.24, 2.45) is 0 Å². The number of carboxylic acids is 1. The molecule has 0 aliphatic carbocycles. The van der Waals surface area contributed by atoms with Gasteiger partial charge >= 0.3 is 5.97 Å². The fourth-order valence-electron chi connectivity index (χ4n) is 2.07. The normalized spacial score (nSPS) is 12.6. The van der Waals surface area contributed by atoms with Gasteiger partial charge in [-0.2, -0.15) is 0 Å². The maximum absolute atomic E-state index is 12.2. The first-order chi connectivity index (χ1) is 9.84. The SMILES string of the molecule is CCC(CC)(NC(=O)C(C)Oc1cccc(C)c1)C(=O)O. The van der Waals surface area contributed by atoms with E-state index in [4.69, 9.17) is 4.74 Å². The number of ether oxygens (including phenoxy) is 1. The van der Waals surface area contributed by atoms with Gasteiger partial charge in [0.15, 0.2) is 6.10 Å². The number of aliphatic carboxylic acids is 1. The molecule has 0 saturated carbocycles. The quantitative estimate of drug-likeness (QED) is 0.810. The molecule has 5 heteroatoms. The Labute approximate surface area is 125 Å². The second-order valence-corrected chi connectivity index (χ2v) is 5.16. The molecule has 5 nitrogen and oxygen atoms in total. The fourth-order valence-corrected chi connectivity index (χ4v) is 2.07. The predicted molar refractivity (Wildman–Crippen MR) is 80.4 cm³/mol. The van der Waals surface area contributed by atoms with Crippen LogP contribution in [0.15, 0.2) is 24.3 Å². The molecule has 2 N–H and O–H groups in total. The van der Waals surface area contributed by atoms with Gasteiger partial charge in [-0.05, 0) is 44.4 Å². The van der Waals surface area contributed by atoms with Gasteiger partial charge in [-0.15, -0.1) is 0 Å². The molecule has 0 fully saturated rings. The number of amides is 1. The lowest BCUT2D eigenvalue weighted by Crippen LogP contribution is -2.56. The molecule has 0 saturated heterocycles. The number of carbonyl (C=O) groups excluding carboxylic acids is 1. The second kappa shape index (κ2) is 7.11. The standard InChI is InChI=1S/C16H23NO4/c1-5-16(6-2,15(19)20)17-14(18)12(4)21-13-9-7-8-11(3)10-13/h7-10,12H,5-6H2,1-4H3,(H,17,18)(H,19,20). The third kappa shape index (κ3) is 4.21. The number of hydrogen-bond donors (Lipinski definition) is 2. The molecule has 0 aromatic heterocycles. The van der Waals surface area contributed by atoms with Crippen molar-refractivity contribution in [1.29, 1.82) is 0 Å². The predicted octanol–water partition coefficient (Wildman–Crippen LogP) is 2.52. The van der Waals surface area contributed by atoms with Crippen molar-refractivity contribution in [3.8, 4) is 5.75 Å². The van der Waals surface area contributed by atoms with Gasteiger partial charge in [0.05, 0.1) is 0 Å². The highest BCUT2D eigenvalue weighted by Gasteiger charge is 2.37. The number of carbonyl (C=O) groups is 2. The van der Waals surface area contributed by atoms with E-state index in [1.165, 1.54) is 0 Å². The maximum Gasteiger partial charge on any atom is 0.329 e. The van der Waals surface area contributed by atoms with Gasteiger partial charge in [-0.3, -0.25) is 4.79 Å². The van der Waals surface area contributed by atoms with Gasteiger partial charge in [-0.25, -0.2) is 4.79 Å². The van der Waals surface area contributed by atoms with Gasteiger partial charge in [0.1, 0.15) is 11.3 Å². The highest BCUT2D eigenvalue weighted by Crippen LogP contribution is 2.18. The topological polar surface area (TPSA) is 75.6 Å². The van der Waals surface area contributed by atoms with E-state index in [-0.39, 0.29) is 0 Å². The zero-order chi connectivity index (χ0) is 16.0. The van der Waals surface area contributed by atoms with Gasteiger partial charge in [0.2, 0.25) is 0 Å². The highest BCUT2D eigenvalue weighted by molar-refractivity contribution is 5.89. The Morgan fingerprint density at radius 3 is 2.43 bits per heavy atom. The Hall–Kier alpha value is -2.04. The second-order valence-electron chi connectivity index (χ2n) is 5.16. The average molecular weight is 293 g/mol. The maximum atomic E-state index is 12.2. The first-order valence-electron chi connectivity index (χ1n) is 7.13. The van der Waals surface area contributed by atoms with E-state index in [0.29, 0.717) is 18.6 Å². The fraction of sp³-hybridized carbons (Fsp3) is 0.500. The third-order valence-electron chi connectivity index (χ3n) is 3.65. The van der Waals surface area contributed by atoms with Crippen LogP contribution in [0, 0.1) is 6.92 Å². The molecule has 0 aliphatic rings. The molecule has 0 aliphatic heterocycles. The largest absolute Gasteiger partial charge is 0.481 e. The van der Waals surface area contributed by atoms with Crippen LogP contribution in [-0.2, 0) is 9.59 Å². The Morgan fingerprint density at radius 1 is 1.33 bits per heavy atom. The van der Waals surface area contributed by atoms with E-state index in [0.717, 1.165) is 5.56 Å². The number of hydrogen-bond acceptors (Lipinski definition) is 3. The molecule has 1 unspecified atom stereocenters. The first kappa shape index (κ1) is 17.0. The minimum absolute atomic E-state index is 0.321. The Balaban J connectivity index is 2.76. The number of nitrogens with one attached hydrogen (secondary N) is 1. The lowest BCUT2D eigenvalue weighted by atomic mass is 9.92. The molecule has 0 spiro atoms. The molecule has 0 heterocycles. The van der Waals surface area contributed by atoms with Crippen LogP contribution in [-0.4, -0.2) is 28.6 Å². The van der Waals surface area contributed by atoms with Gasteiger partial charge in [0.25, 0.3) is 5.91 Å². The van der Waals surface area contributed by atoms with Crippen molar-refractivity contribution in [3.05, 3.63) is 29.8 Å². The van der Waals surface area contributed by atoms with E-state index >= 15 is 0 Å². The highest BCUT2D eigenvalue weighted by atomic mass is 16.5. The molecule has 21 heavy (non-hydrogen) atoms. The number of aryl methyl sites for hydroxylation is 1. The summed E-state index contributed by atoms with van der Waals surface area (Å²) >= 11 is 0. The van der Waals surface area contributed by atoms with Crippen LogP contribution in [0.25, 0.3) is 0 Å². The Bertz CT molecular complexity index is 509. The molecule has 1 amide bonds. The molecule has 1 rings (SSSR count). The first-order valence-corrected chi connectivity index (χ1v) is 7.13. The van der Waals surface area contributed by atoms with Gasteiger partial charge in [0, 0.05) is 0 Å². The van der Waals surface area contributed by atoms with Crippen molar-refractivity contribution in [3.63, 3.8) is 0 Å². The van der Waals surface area contributed by atoms with E-state index in [1.807, 2.05) is 25.1 Å². The van der Waals surface area contributed by atoms with Gasteiger partial charge in [-0.1, -0.05) is 26.0 Å². The zero-order valence-electron chi connectivity index (χ0n) is 13.0. The summed E-state index contributed by atoms with van der Waals surface area (Å²) in [5.74, 6) is -0.863. The smallest absolute Gasteiger partial charge is 0.329 e. The van der Waals surface area contributed by atoms with Gasteiger partial charge < -0.3 is 15.2 Å². The summed E-state index contributed by atoms with van der Waals surface area (Å²) in [4.78, 5) is 23.6. The van der Waals surface area contributed by atoms with Crippen LogP contribution in [0.2, 0.25) is 0 Å². The summed E-state index contributed by atoms with van der Waals surface area (Å²) in [6.07, 6.45) is -0.118. The summed E-state index contributed by atoms with van der Waals surface area (Å²) in [6, 6.07) is 7.37. The lowest BCUT2D eigenvalue weighted by molar-refractivity contribution is -0.149. The Morgan fingerprint density at radius 2 is 1.95 bits per heavy atom. The number of benzene rings is 1. The Kier molecular flexibility index (Phi) is 5.76. The van der Waals surface area contributed by atoms with Crippen LogP contribution >= 0.6 is 0 Å². The molecular weight excluding hydrogens is 270 g/mol. The summed E-state index contributed by atoms with van der Waals surface area (Å²) in [7, 11) is 0. The summed E-state index contributed by atoms with van der Waals surface area (Å²) in [5.41, 5.74) is -0.205. The van der Waals surface area contributed by atoms with E-state index in [1.54, 1.807) is 26.8 Å². The monoisotopic (exact) mass is 293 g/mol. The minimum atomic E-state index is -1.23. The molecule has 0 bridgehead atoms. The van der Waals surface area contributed by atoms with Crippen LogP contribution < -0.4 is 10.1 Å². The molecule has 1 aromatic rings. The van der Waals surface area contributed by atoms with E-state index in [9.17, 15) is 14.7 Å². The van der Waals surface area contributed by atoms with Crippen molar-refractivity contribution < 1.29 is 19.4 Å². The summed E-state index contributed by atoms with van der Waals surface area (Å²) in [5, 5.41) is 11.9.